The van der Waals surface area contributed by atoms with Crippen molar-refractivity contribution in [1.29, 1.82) is 0 Å². The summed E-state index contributed by atoms with van der Waals surface area (Å²) in [5, 5.41) is 6.94. The van der Waals surface area contributed by atoms with Crippen molar-refractivity contribution in [1.82, 2.24) is 14.2 Å². The summed E-state index contributed by atoms with van der Waals surface area (Å²) >= 11 is 0. The van der Waals surface area contributed by atoms with Gasteiger partial charge in [0.05, 0.1) is 44.6 Å². The quantitative estimate of drug-likeness (QED) is 0.410. The number of anilines is 1. The van der Waals surface area contributed by atoms with Crippen molar-refractivity contribution in [2.24, 2.45) is 5.10 Å². The molecule has 0 aliphatic rings. The van der Waals surface area contributed by atoms with Crippen LogP contribution in [0.2, 0.25) is 0 Å². The van der Waals surface area contributed by atoms with Crippen molar-refractivity contribution in [2.75, 3.05) is 26.6 Å². The number of imidazole rings is 1. The Bertz CT molecular complexity index is 1040. The minimum Gasteiger partial charge on any atom is -0.493 e. The van der Waals surface area contributed by atoms with Gasteiger partial charge >= 0.3 is 0 Å². The number of nitrogens with one attached hydrogen (secondary N) is 1. The maximum absolute atomic E-state index is 11.1. The monoisotopic (exact) mass is 425 g/mol. The van der Waals surface area contributed by atoms with Gasteiger partial charge in [0.2, 0.25) is 5.75 Å². The zero-order valence-electron chi connectivity index (χ0n) is 18.4. The number of aromatic nitrogens is 3. The summed E-state index contributed by atoms with van der Waals surface area (Å²) < 4.78 is 19.3. The molecule has 0 spiro atoms. The van der Waals surface area contributed by atoms with E-state index in [4.69, 9.17) is 14.2 Å². The van der Waals surface area contributed by atoms with Gasteiger partial charge in [0, 0.05) is 18.9 Å². The zero-order valence-corrected chi connectivity index (χ0v) is 18.4. The molecule has 0 radical (unpaired) electrons. The van der Waals surface area contributed by atoms with Crippen LogP contribution in [0.5, 0.6) is 17.2 Å². The first kappa shape index (κ1) is 23.3. The van der Waals surface area contributed by atoms with E-state index in [1.807, 2.05) is 26.0 Å². The second-order valence-corrected chi connectivity index (χ2v) is 5.87. The maximum atomic E-state index is 11.1. The number of carbonyl (C=O) groups excluding carboxylic acids is 1. The van der Waals surface area contributed by atoms with Gasteiger partial charge in [0.15, 0.2) is 17.8 Å². The van der Waals surface area contributed by atoms with Crippen LogP contribution in [-0.2, 0) is 0 Å². The van der Waals surface area contributed by atoms with Crippen LogP contribution in [0.4, 0.5) is 5.82 Å². The molecule has 2 heterocycles. The average molecular weight is 425 g/mol. The second kappa shape index (κ2) is 10.7. The first-order valence-electron chi connectivity index (χ1n) is 9.50. The molecule has 3 rings (SSSR count). The van der Waals surface area contributed by atoms with Gasteiger partial charge in [0.1, 0.15) is 17.8 Å². The molecule has 0 amide bonds. The van der Waals surface area contributed by atoms with Crippen molar-refractivity contribution < 1.29 is 19.0 Å². The summed E-state index contributed by atoms with van der Waals surface area (Å²) in [7, 11) is 4.67. The lowest BCUT2D eigenvalue weighted by molar-refractivity contribution is 0.111. The van der Waals surface area contributed by atoms with Crippen LogP contribution in [0, 0.1) is 0 Å². The Morgan fingerprint density at radius 2 is 1.77 bits per heavy atom. The molecular weight excluding hydrogens is 398 g/mol. The number of methoxy groups -OCH3 is 3. The highest BCUT2D eigenvalue weighted by atomic mass is 16.5. The highest BCUT2D eigenvalue weighted by molar-refractivity contribution is 5.78. The molecule has 1 N–H and O–H groups in total. The standard InChI is InChI=1S/C20H21N5O4.C2H6/c1-13(16-7-6-14(11-26)25(16)21-2)23-19-10-24(12-22-19)15-8-17(27-3)20(29-5)18(9-15)28-4;1-2/h6-12,23H,1-2H2,3-5H3;1-2H3. The van der Waals surface area contributed by atoms with Crippen LogP contribution in [0.1, 0.15) is 30.0 Å². The average Bonchev–Trinajstić information content (AvgIpc) is 3.45. The van der Waals surface area contributed by atoms with E-state index in [9.17, 15) is 4.79 Å². The third kappa shape index (κ3) is 4.77. The Morgan fingerprint density at radius 1 is 1.13 bits per heavy atom. The van der Waals surface area contributed by atoms with E-state index in [1.54, 1.807) is 50.6 Å². The van der Waals surface area contributed by atoms with Crippen LogP contribution in [0.25, 0.3) is 11.4 Å². The molecule has 1 aromatic carbocycles. The second-order valence-electron chi connectivity index (χ2n) is 5.87. The zero-order chi connectivity index (χ0) is 23.0. The van der Waals surface area contributed by atoms with Crippen molar-refractivity contribution in [3.8, 4) is 22.9 Å². The van der Waals surface area contributed by atoms with Gasteiger partial charge in [-0.15, -0.1) is 0 Å². The van der Waals surface area contributed by atoms with Gasteiger partial charge in [-0.2, -0.15) is 5.10 Å². The molecule has 0 atom stereocenters. The van der Waals surface area contributed by atoms with Crippen LogP contribution in [0.15, 0.2) is 48.5 Å². The molecule has 164 valence electrons. The van der Waals surface area contributed by atoms with Gasteiger partial charge in [-0.25, -0.2) is 9.66 Å². The fraction of sp³-hybridized carbons (Fsp3) is 0.227. The van der Waals surface area contributed by atoms with Crippen LogP contribution < -0.4 is 19.5 Å². The lowest BCUT2D eigenvalue weighted by Crippen LogP contribution is -2.04. The normalized spacial score (nSPS) is 9.84. The summed E-state index contributed by atoms with van der Waals surface area (Å²) in [6.45, 7) is 11.5. The van der Waals surface area contributed by atoms with Crippen molar-refractivity contribution in [3.63, 3.8) is 0 Å². The summed E-state index contributed by atoms with van der Waals surface area (Å²) in [5.74, 6) is 2.12. The SMILES string of the molecule is C=Nn1c(C=O)ccc1C(=C)Nc1cn(-c2cc(OC)c(OC)c(OC)c2)cn1.CC. The molecule has 2 aromatic heterocycles. The Morgan fingerprint density at radius 3 is 2.29 bits per heavy atom. The summed E-state index contributed by atoms with van der Waals surface area (Å²) in [6.07, 6.45) is 4.11. The molecule has 0 aliphatic carbocycles. The minimum atomic E-state index is 0.376. The van der Waals surface area contributed by atoms with E-state index in [2.05, 4.69) is 28.7 Å². The summed E-state index contributed by atoms with van der Waals surface area (Å²) in [6, 6.07) is 6.98. The molecule has 0 saturated carbocycles. The lowest BCUT2D eigenvalue weighted by Gasteiger charge is -2.14. The summed E-state index contributed by atoms with van der Waals surface area (Å²) in [5.41, 5.74) is 2.26. The molecule has 31 heavy (non-hydrogen) atoms. The lowest BCUT2D eigenvalue weighted by atomic mass is 10.2. The van der Waals surface area contributed by atoms with Gasteiger partial charge in [-0.1, -0.05) is 20.4 Å². The van der Waals surface area contributed by atoms with Crippen LogP contribution >= 0.6 is 0 Å². The molecule has 9 heteroatoms. The summed E-state index contributed by atoms with van der Waals surface area (Å²) in [4.78, 5) is 15.4. The van der Waals surface area contributed by atoms with E-state index in [0.29, 0.717) is 46.4 Å². The topological polar surface area (TPSA) is 91.9 Å². The van der Waals surface area contributed by atoms with Crippen molar-refractivity contribution in [3.05, 3.63) is 54.8 Å². The minimum absolute atomic E-state index is 0.376. The molecule has 0 bridgehead atoms. The highest BCUT2D eigenvalue weighted by Gasteiger charge is 2.15. The van der Waals surface area contributed by atoms with Crippen molar-refractivity contribution >= 4 is 24.5 Å². The number of hydrogen-bond donors (Lipinski definition) is 1. The molecule has 0 aliphatic heterocycles. The predicted octanol–water partition coefficient (Wildman–Crippen LogP) is 4.08. The highest BCUT2D eigenvalue weighted by Crippen LogP contribution is 2.39. The Labute approximate surface area is 181 Å². The maximum Gasteiger partial charge on any atom is 0.203 e. The van der Waals surface area contributed by atoms with E-state index in [1.165, 1.54) is 4.68 Å². The van der Waals surface area contributed by atoms with E-state index >= 15 is 0 Å². The molecule has 0 saturated heterocycles. The largest absolute Gasteiger partial charge is 0.493 e. The fourth-order valence-corrected chi connectivity index (χ4v) is 2.88. The number of nitrogens with zero attached hydrogens (tertiary/aromatic N) is 4. The van der Waals surface area contributed by atoms with Gasteiger partial charge in [0.25, 0.3) is 0 Å². The number of ether oxygens (including phenoxy) is 3. The first-order valence-corrected chi connectivity index (χ1v) is 9.50. The van der Waals surface area contributed by atoms with Gasteiger partial charge in [-0.3, -0.25) is 4.79 Å². The number of carbonyl (C=O) groups is 1. The third-order valence-corrected chi connectivity index (χ3v) is 4.27. The number of hydrogen-bond acceptors (Lipinski definition) is 7. The predicted molar refractivity (Wildman–Crippen MR) is 122 cm³/mol. The molecule has 0 fully saturated rings. The smallest absolute Gasteiger partial charge is 0.203 e. The van der Waals surface area contributed by atoms with E-state index in [-0.39, 0.29) is 0 Å². The Kier molecular flexibility index (Phi) is 8.01. The Hall–Kier alpha value is -4.01. The molecule has 9 nitrogen and oxygen atoms in total. The van der Waals surface area contributed by atoms with Gasteiger partial charge in [-0.05, 0) is 12.1 Å². The fourth-order valence-electron chi connectivity index (χ4n) is 2.88. The number of benzene rings is 1. The van der Waals surface area contributed by atoms with Crippen LogP contribution in [-0.4, -0.2) is 48.6 Å². The number of aldehydes is 1. The molecule has 3 aromatic rings. The Balaban J connectivity index is 0.00000166. The van der Waals surface area contributed by atoms with E-state index < -0.39 is 0 Å². The van der Waals surface area contributed by atoms with Gasteiger partial charge < -0.3 is 24.1 Å². The van der Waals surface area contributed by atoms with E-state index in [0.717, 1.165) is 5.69 Å². The van der Waals surface area contributed by atoms with Crippen molar-refractivity contribution in [2.45, 2.75) is 13.8 Å². The van der Waals surface area contributed by atoms with Crippen LogP contribution in [0.3, 0.4) is 0 Å². The molecular formula is C22H27N5O4. The first-order chi connectivity index (χ1) is 15.1. The molecule has 0 unspecified atom stereocenters. The number of rotatable bonds is 9. The third-order valence-electron chi connectivity index (χ3n) is 4.27.